The van der Waals surface area contributed by atoms with Crippen LogP contribution in [0.4, 0.5) is 0 Å². The van der Waals surface area contributed by atoms with Gasteiger partial charge in [-0.25, -0.2) is 4.98 Å². The molecule has 2 unspecified atom stereocenters. The zero-order valence-electron chi connectivity index (χ0n) is 12.3. The summed E-state index contributed by atoms with van der Waals surface area (Å²) in [4.78, 5) is 4.16. The van der Waals surface area contributed by atoms with Crippen LogP contribution in [0.5, 0.6) is 5.75 Å². The van der Waals surface area contributed by atoms with E-state index in [9.17, 15) is 0 Å². The highest BCUT2D eigenvalue weighted by Crippen LogP contribution is 2.20. The summed E-state index contributed by atoms with van der Waals surface area (Å²) in [5.41, 5.74) is 1.22. The normalized spacial score (nSPS) is 13.9. The van der Waals surface area contributed by atoms with Crippen molar-refractivity contribution in [2.24, 2.45) is 0 Å². The van der Waals surface area contributed by atoms with Gasteiger partial charge in [-0.3, -0.25) is 5.10 Å². The van der Waals surface area contributed by atoms with Gasteiger partial charge in [0.15, 0.2) is 0 Å². The van der Waals surface area contributed by atoms with Crippen molar-refractivity contribution in [1.82, 2.24) is 20.5 Å². The quantitative estimate of drug-likeness (QED) is 0.814. The molecule has 5 nitrogen and oxygen atoms in total. The van der Waals surface area contributed by atoms with Crippen LogP contribution < -0.4 is 10.1 Å². The second kappa shape index (κ2) is 7.05. The number of nitrogens with zero attached hydrogens (tertiary/aromatic N) is 2. The van der Waals surface area contributed by atoms with E-state index in [2.05, 4.69) is 53.4 Å². The molecular formula is C15H22N4O. The van der Waals surface area contributed by atoms with Crippen molar-refractivity contribution in [2.45, 2.75) is 39.3 Å². The topological polar surface area (TPSA) is 62.8 Å². The van der Waals surface area contributed by atoms with Gasteiger partial charge in [-0.2, -0.15) is 5.10 Å². The summed E-state index contributed by atoms with van der Waals surface area (Å²) in [6.07, 6.45) is 2.55. The lowest BCUT2D eigenvalue weighted by Crippen LogP contribution is -2.23. The largest absolute Gasteiger partial charge is 0.494 e. The number of H-pyrrole nitrogens is 1. The number of hydrogen-bond donors (Lipinski definition) is 2. The van der Waals surface area contributed by atoms with Gasteiger partial charge in [0.1, 0.15) is 17.9 Å². The minimum absolute atomic E-state index is 0.128. The first-order chi connectivity index (χ1) is 9.70. The van der Waals surface area contributed by atoms with Gasteiger partial charge < -0.3 is 10.1 Å². The van der Waals surface area contributed by atoms with Crippen LogP contribution in [0, 0.1) is 0 Å². The molecule has 0 radical (unpaired) electrons. The zero-order valence-corrected chi connectivity index (χ0v) is 12.3. The lowest BCUT2D eigenvalue weighted by atomic mass is 10.1. The van der Waals surface area contributed by atoms with Crippen molar-refractivity contribution in [3.63, 3.8) is 0 Å². The molecule has 0 fully saturated rings. The highest BCUT2D eigenvalue weighted by atomic mass is 16.5. The molecule has 0 amide bonds. The lowest BCUT2D eigenvalue weighted by molar-refractivity contribution is 0.317. The molecule has 1 aromatic heterocycles. The predicted octanol–water partition coefficient (Wildman–Crippen LogP) is 3.01. The molecule has 1 heterocycles. The first-order valence-electron chi connectivity index (χ1n) is 7.04. The molecule has 0 spiro atoms. The molecule has 2 N–H and O–H groups in total. The van der Waals surface area contributed by atoms with E-state index < -0.39 is 0 Å². The van der Waals surface area contributed by atoms with E-state index >= 15 is 0 Å². The average molecular weight is 274 g/mol. The maximum absolute atomic E-state index is 5.59. The monoisotopic (exact) mass is 274 g/mol. The van der Waals surface area contributed by atoms with Crippen molar-refractivity contribution in [1.29, 1.82) is 0 Å². The van der Waals surface area contributed by atoms with Gasteiger partial charge >= 0.3 is 0 Å². The van der Waals surface area contributed by atoms with Gasteiger partial charge in [-0.05, 0) is 38.0 Å². The third-order valence-corrected chi connectivity index (χ3v) is 3.20. The molecule has 5 heteroatoms. The Morgan fingerprint density at radius 2 is 1.95 bits per heavy atom. The summed E-state index contributed by atoms with van der Waals surface area (Å²) in [5, 5.41) is 10.2. The molecular weight excluding hydrogens is 252 g/mol. The fraction of sp³-hybridized carbons (Fsp3) is 0.467. The van der Waals surface area contributed by atoms with Gasteiger partial charge in [0, 0.05) is 6.04 Å². The van der Waals surface area contributed by atoms with Crippen molar-refractivity contribution in [3.8, 4) is 5.75 Å². The average Bonchev–Trinajstić information content (AvgIpc) is 3.00. The van der Waals surface area contributed by atoms with E-state index in [1.807, 2.05) is 12.1 Å². The second-order valence-electron chi connectivity index (χ2n) is 4.90. The number of hydrogen-bond acceptors (Lipinski definition) is 4. The maximum Gasteiger partial charge on any atom is 0.141 e. The molecule has 2 rings (SSSR count). The molecule has 0 aliphatic heterocycles. The Morgan fingerprint density at radius 3 is 2.55 bits per heavy atom. The Kier molecular flexibility index (Phi) is 5.12. The molecule has 0 saturated heterocycles. The van der Waals surface area contributed by atoms with Crippen molar-refractivity contribution in [2.75, 3.05) is 6.61 Å². The van der Waals surface area contributed by atoms with Crippen molar-refractivity contribution >= 4 is 0 Å². The van der Waals surface area contributed by atoms with Crippen LogP contribution in [0.1, 0.15) is 50.7 Å². The molecule has 2 aromatic rings. The number of nitrogens with one attached hydrogen (secondary N) is 2. The number of aromatic nitrogens is 3. The standard InChI is InChI=1S/C15H22N4O/c1-4-9-20-14-7-5-13(6-8-14)11(2)18-12(3)15-16-10-17-19-15/h5-8,10-12,18H,4,9H2,1-3H3,(H,16,17,19). The summed E-state index contributed by atoms with van der Waals surface area (Å²) in [5.74, 6) is 1.77. The van der Waals surface area contributed by atoms with E-state index in [4.69, 9.17) is 4.74 Å². The Morgan fingerprint density at radius 1 is 1.20 bits per heavy atom. The van der Waals surface area contributed by atoms with Gasteiger partial charge in [0.25, 0.3) is 0 Å². The van der Waals surface area contributed by atoms with Crippen LogP contribution >= 0.6 is 0 Å². The van der Waals surface area contributed by atoms with Crippen LogP contribution in [0.3, 0.4) is 0 Å². The molecule has 0 aliphatic rings. The SMILES string of the molecule is CCCOc1ccc(C(C)NC(C)c2ncn[nH]2)cc1. The van der Waals surface area contributed by atoms with E-state index in [0.717, 1.165) is 24.6 Å². The van der Waals surface area contributed by atoms with Crippen LogP contribution in [0.25, 0.3) is 0 Å². The third-order valence-electron chi connectivity index (χ3n) is 3.20. The minimum atomic E-state index is 0.128. The van der Waals surface area contributed by atoms with Crippen molar-refractivity contribution < 1.29 is 4.74 Å². The highest BCUT2D eigenvalue weighted by Gasteiger charge is 2.13. The molecule has 0 bridgehead atoms. The van der Waals surface area contributed by atoms with E-state index in [-0.39, 0.29) is 12.1 Å². The highest BCUT2D eigenvalue weighted by molar-refractivity contribution is 5.29. The second-order valence-corrected chi connectivity index (χ2v) is 4.90. The fourth-order valence-corrected chi connectivity index (χ4v) is 2.05. The summed E-state index contributed by atoms with van der Waals surface area (Å²) in [6.45, 7) is 7.06. The maximum atomic E-state index is 5.59. The molecule has 0 aliphatic carbocycles. The Bertz CT molecular complexity index is 495. The molecule has 108 valence electrons. The van der Waals surface area contributed by atoms with E-state index in [0.29, 0.717) is 0 Å². The van der Waals surface area contributed by atoms with E-state index in [1.54, 1.807) is 0 Å². The Labute approximate surface area is 119 Å². The van der Waals surface area contributed by atoms with Crippen LogP contribution in [0.15, 0.2) is 30.6 Å². The van der Waals surface area contributed by atoms with Crippen LogP contribution in [0.2, 0.25) is 0 Å². The Hall–Kier alpha value is -1.88. The molecule has 1 aromatic carbocycles. The number of benzene rings is 1. The van der Waals surface area contributed by atoms with Crippen molar-refractivity contribution in [3.05, 3.63) is 42.0 Å². The van der Waals surface area contributed by atoms with Gasteiger partial charge in [0.2, 0.25) is 0 Å². The smallest absolute Gasteiger partial charge is 0.141 e. The molecule has 0 saturated carbocycles. The molecule has 2 atom stereocenters. The van der Waals surface area contributed by atoms with Gasteiger partial charge in [-0.1, -0.05) is 19.1 Å². The van der Waals surface area contributed by atoms with Crippen LogP contribution in [-0.4, -0.2) is 21.8 Å². The number of ether oxygens (including phenoxy) is 1. The summed E-state index contributed by atoms with van der Waals surface area (Å²) in [6, 6.07) is 8.58. The minimum Gasteiger partial charge on any atom is -0.494 e. The van der Waals surface area contributed by atoms with Gasteiger partial charge in [0.05, 0.1) is 12.6 Å². The summed E-state index contributed by atoms with van der Waals surface area (Å²) < 4.78 is 5.59. The van der Waals surface area contributed by atoms with Crippen LogP contribution in [-0.2, 0) is 0 Å². The third kappa shape index (κ3) is 3.81. The molecule has 20 heavy (non-hydrogen) atoms. The summed E-state index contributed by atoms with van der Waals surface area (Å²) >= 11 is 0. The first-order valence-corrected chi connectivity index (χ1v) is 7.04. The van der Waals surface area contributed by atoms with E-state index in [1.165, 1.54) is 11.9 Å². The first kappa shape index (κ1) is 14.5. The van der Waals surface area contributed by atoms with Gasteiger partial charge in [-0.15, -0.1) is 0 Å². The zero-order chi connectivity index (χ0) is 14.4. The predicted molar refractivity (Wildman–Crippen MR) is 78.6 cm³/mol. The lowest BCUT2D eigenvalue weighted by Gasteiger charge is -2.19. The summed E-state index contributed by atoms with van der Waals surface area (Å²) in [7, 11) is 0. The Balaban J connectivity index is 1.93. The fourth-order valence-electron chi connectivity index (χ4n) is 2.05. The number of rotatable bonds is 7. The number of aromatic amines is 1.